The highest BCUT2D eigenvalue weighted by molar-refractivity contribution is 9.11. The monoisotopic (exact) mass is 464 g/mol. The molecule has 0 atom stereocenters. The van der Waals surface area contributed by atoms with Crippen LogP contribution in [0.15, 0.2) is 43.7 Å². The lowest BCUT2D eigenvalue weighted by molar-refractivity contribution is 0.102. The summed E-state index contributed by atoms with van der Waals surface area (Å²) in [6.07, 6.45) is 0. The molecule has 2 rings (SSSR count). The fourth-order valence-corrected chi connectivity index (χ4v) is 3.44. The van der Waals surface area contributed by atoms with Gasteiger partial charge in [0.15, 0.2) is 0 Å². The molecule has 1 amide bonds. The summed E-state index contributed by atoms with van der Waals surface area (Å²) in [5.74, 6) is -0.921. The molecular formula is C13H8Br3FN2O. The molecule has 0 aromatic heterocycles. The van der Waals surface area contributed by atoms with Gasteiger partial charge < -0.3 is 11.1 Å². The number of nitrogens with one attached hydrogen (secondary N) is 1. The fourth-order valence-electron chi connectivity index (χ4n) is 1.57. The molecular weight excluding hydrogens is 459 g/mol. The van der Waals surface area contributed by atoms with Crippen molar-refractivity contribution in [2.45, 2.75) is 0 Å². The number of halogens is 4. The van der Waals surface area contributed by atoms with E-state index in [0.717, 1.165) is 0 Å². The predicted molar refractivity (Wildman–Crippen MR) is 88.3 cm³/mol. The van der Waals surface area contributed by atoms with Crippen molar-refractivity contribution in [3.8, 4) is 0 Å². The quantitative estimate of drug-likeness (QED) is 0.615. The summed E-state index contributed by atoms with van der Waals surface area (Å²) < 4.78 is 14.8. The van der Waals surface area contributed by atoms with Gasteiger partial charge in [0.1, 0.15) is 5.82 Å². The lowest BCUT2D eigenvalue weighted by Crippen LogP contribution is -2.14. The summed E-state index contributed by atoms with van der Waals surface area (Å²) in [5, 5.41) is 2.71. The molecule has 0 unspecified atom stereocenters. The Labute approximate surface area is 140 Å². The summed E-state index contributed by atoms with van der Waals surface area (Å²) >= 11 is 9.71. The molecule has 0 saturated heterocycles. The minimum Gasteiger partial charge on any atom is -0.399 e. The fraction of sp³-hybridized carbons (Fsp3) is 0. The molecule has 0 radical (unpaired) electrons. The smallest absolute Gasteiger partial charge is 0.256 e. The highest BCUT2D eigenvalue weighted by Gasteiger charge is 2.16. The molecule has 3 N–H and O–H groups in total. The Morgan fingerprint density at radius 2 is 1.75 bits per heavy atom. The van der Waals surface area contributed by atoms with Gasteiger partial charge in [-0.2, -0.15) is 0 Å². The third kappa shape index (κ3) is 3.21. The molecule has 0 fully saturated rings. The van der Waals surface area contributed by atoms with Gasteiger partial charge in [-0.3, -0.25) is 4.79 Å². The van der Waals surface area contributed by atoms with Gasteiger partial charge in [-0.05, 0) is 72.1 Å². The Morgan fingerprint density at radius 3 is 2.35 bits per heavy atom. The van der Waals surface area contributed by atoms with Crippen molar-refractivity contribution < 1.29 is 9.18 Å². The van der Waals surface area contributed by atoms with Crippen molar-refractivity contribution in [2.75, 3.05) is 11.1 Å². The van der Waals surface area contributed by atoms with E-state index >= 15 is 0 Å². The van der Waals surface area contributed by atoms with Crippen LogP contribution in [0.5, 0.6) is 0 Å². The third-order valence-electron chi connectivity index (χ3n) is 2.50. The van der Waals surface area contributed by atoms with Gasteiger partial charge in [-0.25, -0.2) is 4.39 Å². The molecule has 2 aromatic carbocycles. The summed E-state index contributed by atoms with van der Waals surface area (Å²) in [5.41, 5.74) is 6.97. The standard InChI is InChI=1S/C13H8Br3FN2O/c14-8-4-6(18)5-9(15)12(8)19-13(20)7-2-1-3-10(17)11(7)16/h1-5H,18H2,(H,19,20). The second-order valence-electron chi connectivity index (χ2n) is 3.92. The summed E-state index contributed by atoms with van der Waals surface area (Å²) in [6.45, 7) is 0. The number of amides is 1. The number of nitrogen functional groups attached to an aromatic ring is 1. The van der Waals surface area contributed by atoms with Crippen molar-refractivity contribution >= 4 is 65.1 Å². The molecule has 0 aliphatic rings. The molecule has 0 aliphatic heterocycles. The van der Waals surface area contributed by atoms with Crippen LogP contribution in [0, 0.1) is 5.82 Å². The lowest BCUT2D eigenvalue weighted by atomic mass is 10.2. The van der Waals surface area contributed by atoms with Crippen molar-refractivity contribution in [1.29, 1.82) is 0 Å². The van der Waals surface area contributed by atoms with Crippen LogP contribution in [0.4, 0.5) is 15.8 Å². The average Bonchev–Trinajstić information content (AvgIpc) is 2.36. The van der Waals surface area contributed by atoms with E-state index in [2.05, 4.69) is 53.1 Å². The van der Waals surface area contributed by atoms with Crippen molar-refractivity contribution in [1.82, 2.24) is 0 Å². The Hall–Kier alpha value is -0.920. The maximum atomic E-state index is 13.4. The molecule has 0 spiro atoms. The van der Waals surface area contributed by atoms with Gasteiger partial charge in [0.05, 0.1) is 15.7 Å². The number of hydrogen-bond donors (Lipinski definition) is 2. The van der Waals surface area contributed by atoms with Crippen LogP contribution in [0.3, 0.4) is 0 Å². The number of carbonyl (C=O) groups excluding carboxylic acids is 1. The number of nitrogens with two attached hydrogens (primary N) is 1. The minimum absolute atomic E-state index is 0.125. The Balaban J connectivity index is 2.36. The zero-order chi connectivity index (χ0) is 14.9. The number of anilines is 2. The number of rotatable bonds is 2. The zero-order valence-electron chi connectivity index (χ0n) is 9.88. The van der Waals surface area contributed by atoms with E-state index < -0.39 is 11.7 Å². The Morgan fingerprint density at radius 1 is 1.15 bits per heavy atom. The number of carbonyl (C=O) groups is 1. The molecule has 0 saturated carbocycles. The molecule has 0 heterocycles. The van der Waals surface area contributed by atoms with E-state index in [1.54, 1.807) is 12.1 Å². The number of benzene rings is 2. The molecule has 2 aromatic rings. The first-order valence-electron chi connectivity index (χ1n) is 5.40. The van der Waals surface area contributed by atoms with Gasteiger partial charge in [0.25, 0.3) is 5.91 Å². The second kappa shape index (κ2) is 6.24. The van der Waals surface area contributed by atoms with Crippen LogP contribution in [0.2, 0.25) is 0 Å². The summed E-state index contributed by atoms with van der Waals surface area (Å²) in [6, 6.07) is 7.61. The van der Waals surface area contributed by atoms with E-state index in [-0.39, 0.29) is 10.0 Å². The zero-order valence-corrected chi connectivity index (χ0v) is 14.6. The minimum atomic E-state index is -0.493. The lowest BCUT2D eigenvalue weighted by Gasteiger charge is -2.11. The topological polar surface area (TPSA) is 55.1 Å². The summed E-state index contributed by atoms with van der Waals surface area (Å²) in [7, 11) is 0. The molecule has 0 aliphatic carbocycles. The van der Waals surface area contributed by atoms with Crippen molar-refractivity contribution in [2.24, 2.45) is 0 Å². The van der Waals surface area contributed by atoms with Crippen LogP contribution in [-0.4, -0.2) is 5.91 Å². The largest absolute Gasteiger partial charge is 0.399 e. The van der Waals surface area contributed by atoms with Gasteiger partial charge in [0, 0.05) is 14.6 Å². The summed E-state index contributed by atoms with van der Waals surface area (Å²) in [4.78, 5) is 12.2. The second-order valence-corrected chi connectivity index (χ2v) is 6.42. The van der Waals surface area contributed by atoms with Crippen LogP contribution < -0.4 is 11.1 Å². The predicted octanol–water partition coefficient (Wildman–Crippen LogP) is 4.95. The molecule has 20 heavy (non-hydrogen) atoms. The first kappa shape index (κ1) is 15.5. The van der Waals surface area contributed by atoms with E-state index in [0.29, 0.717) is 20.3 Å². The van der Waals surface area contributed by atoms with Crippen LogP contribution in [0.25, 0.3) is 0 Å². The third-order valence-corrected chi connectivity index (χ3v) is 4.56. The molecule has 7 heteroatoms. The Bertz CT molecular complexity index is 668. The van der Waals surface area contributed by atoms with Crippen LogP contribution >= 0.6 is 47.8 Å². The van der Waals surface area contributed by atoms with Gasteiger partial charge >= 0.3 is 0 Å². The maximum absolute atomic E-state index is 13.4. The molecule has 3 nitrogen and oxygen atoms in total. The molecule has 104 valence electrons. The van der Waals surface area contributed by atoms with Crippen molar-refractivity contribution in [3.63, 3.8) is 0 Å². The van der Waals surface area contributed by atoms with E-state index in [1.165, 1.54) is 18.2 Å². The first-order valence-corrected chi connectivity index (χ1v) is 7.78. The van der Waals surface area contributed by atoms with Gasteiger partial charge in [0.2, 0.25) is 0 Å². The van der Waals surface area contributed by atoms with E-state index in [1.807, 2.05) is 0 Å². The number of hydrogen-bond acceptors (Lipinski definition) is 2. The van der Waals surface area contributed by atoms with Crippen LogP contribution in [0.1, 0.15) is 10.4 Å². The normalized spacial score (nSPS) is 10.4. The Kier molecular flexibility index (Phi) is 4.82. The maximum Gasteiger partial charge on any atom is 0.256 e. The molecule has 0 bridgehead atoms. The van der Waals surface area contributed by atoms with Gasteiger partial charge in [-0.15, -0.1) is 0 Å². The van der Waals surface area contributed by atoms with Gasteiger partial charge in [-0.1, -0.05) is 6.07 Å². The van der Waals surface area contributed by atoms with E-state index in [4.69, 9.17) is 5.73 Å². The SMILES string of the molecule is Nc1cc(Br)c(NC(=O)c2cccc(F)c2Br)c(Br)c1. The first-order chi connectivity index (χ1) is 9.40. The van der Waals surface area contributed by atoms with E-state index in [9.17, 15) is 9.18 Å². The highest BCUT2D eigenvalue weighted by Crippen LogP contribution is 2.34. The van der Waals surface area contributed by atoms with Crippen molar-refractivity contribution in [3.05, 3.63) is 55.1 Å². The average molecular weight is 467 g/mol. The van der Waals surface area contributed by atoms with Crippen LogP contribution in [-0.2, 0) is 0 Å². The highest BCUT2D eigenvalue weighted by atomic mass is 79.9.